The lowest BCUT2D eigenvalue weighted by Gasteiger charge is -1.96. The maximum Gasteiger partial charge on any atom is 0.0932 e. The Labute approximate surface area is 78.0 Å². The zero-order valence-corrected chi connectivity index (χ0v) is 8.26. The van der Waals surface area contributed by atoms with Crippen LogP contribution in [0.4, 0.5) is 5.69 Å². The third-order valence-electron chi connectivity index (χ3n) is 1.74. The number of nitrogens with zero attached hydrogens (tertiary/aromatic N) is 1. The van der Waals surface area contributed by atoms with Crippen LogP contribution in [0.5, 0.6) is 0 Å². The predicted octanol–water partition coefficient (Wildman–Crippen LogP) is 2.48. The van der Waals surface area contributed by atoms with Crippen molar-refractivity contribution < 1.29 is 0 Å². The summed E-state index contributed by atoms with van der Waals surface area (Å²) in [4.78, 5) is 7.16. The second kappa shape index (κ2) is 3.94. The van der Waals surface area contributed by atoms with Gasteiger partial charge in [0.1, 0.15) is 0 Å². The van der Waals surface area contributed by atoms with E-state index in [4.69, 9.17) is 5.73 Å². The summed E-state index contributed by atoms with van der Waals surface area (Å²) >= 11 is 0. The third-order valence-corrected chi connectivity index (χ3v) is 1.74. The highest BCUT2D eigenvalue weighted by atomic mass is 14.9. The van der Waals surface area contributed by atoms with Crippen molar-refractivity contribution in [3.63, 3.8) is 0 Å². The molecule has 1 aromatic heterocycles. The van der Waals surface area contributed by atoms with Crippen LogP contribution < -0.4 is 5.73 Å². The Morgan fingerprint density at radius 1 is 1.31 bits per heavy atom. The molecule has 1 aromatic carbocycles. The number of fused-ring (bicyclic) bond motifs is 1. The van der Waals surface area contributed by atoms with E-state index in [1.165, 1.54) is 0 Å². The van der Waals surface area contributed by atoms with E-state index in [9.17, 15) is 0 Å². The van der Waals surface area contributed by atoms with Crippen LogP contribution in [0.3, 0.4) is 0 Å². The fourth-order valence-corrected chi connectivity index (χ4v) is 1.26. The molecule has 0 aliphatic rings. The Kier molecular flexibility index (Phi) is 2.90. The number of aromatic nitrogens is 2. The zero-order valence-electron chi connectivity index (χ0n) is 8.26. The SMILES string of the molecule is CC.Cc1cc(N)cc2[nH]cnc12. The van der Waals surface area contributed by atoms with Gasteiger partial charge in [-0.2, -0.15) is 0 Å². The molecule has 70 valence electrons. The highest BCUT2D eigenvalue weighted by Gasteiger charge is 1.99. The maximum atomic E-state index is 5.64. The van der Waals surface area contributed by atoms with Gasteiger partial charge in [0, 0.05) is 5.69 Å². The van der Waals surface area contributed by atoms with Crippen molar-refractivity contribution in [2.45, 2.75) is 20.8 Å². The lowest BCUT2D eigenvalue weighted by molar-refractivity contribution is 1.34. The number of nitrogen functional groups attached to an aromatic ring is 1. The highest BCUT2D eigenvalue weighted by molar-refractivity contribution is 5.81. The predicted molar refractivity (Wildman–Crippen MR) is 56.6 cm³/mol. The molecule has 0 atom stereocenters. The molecular weight excluding hydrogens is 162 g/mol. The minimum atomic E-state index is 0.777. The molecule has 0 saturated heterocycles. The van der Waals surface area contributed by atoms with E-state index in [1.54, 1.807) is 6.33 Å². The second-order valence-electron chi connectivity index (χ2n) is 2.64. The van der Waals surface area contributed by atoms with Crippen LogP contribution >= 0.6 is 0 Å². The average molecular weight is 177 g/mol. The van der Waals surface area contributed by atoms with Gasteiger partial charge in [-0.15, -0.1) is 0 Å². The van der Waals surface area contributed by atoms with Crippen molar-refractivity contribution in [1.29, 1.82) is 0 Å². The molecule has 0 aliphatic carbocycles. The Balaban J connectivity index is 0.000000396. The lowest BCUT2D eigenvalue weighted by Crippen LogP contribution is -1.86. The number of hydrogen-bond acceptors (Lipinski definition) is 2. The number of H-pyrrole nitrogens is 1. The average Bonchev–Trinajstić information content (AvgIpc) is 2.55. The number of hydrogen-bond donors (Lipinski definition) is 2. The minimum Gasteiger partial charge on any atom is -0.399 e. The standard InChI is InChI=1S/C8H9N3.C2H6/c1-5-2-6(9)3-7-8(5)11-4-10-7;1-2/h2-4H,9H2,1H3,(H,10,11);1-2H3. The van der Waals surface area contributed by atoms with Crippen molar-refractivity contribution in [3.8, 4) is 0 Å². The summed E-state index contributed by atoms with van der Waals surface area (Å²) in [6, 6.07) is 3.80. The summed E-state index contributed by atoms with van der Waals surface area (Å²) in [6.45, 7) is 6.00. The normalized spacial score (nSPS) is 9.46. The molecule has 0 fully saturated rings. The van der Waals surface area contributed by atoms with Crippen LogP contribution in [-0.2, 0) is 0 Å². The Hall–Kier alpha value is -1.51. The first-order valence-corrected chi connectivity index (χ1v) is 4.46. The maximum absolute atomic E-state index is 5.64. The second-order valence-corrected chi connectivity index (χ2v) is 2.64. The molecule has 0 bridgehead atoms. The number of nitrogens with one attached hydrogen (secondary N) is 1. The van der Waals surface area contributed by atoms with E-state index in [2.05, 4.69) is 9.97 Å². The van der Waals surface area contributed by atoms with Gasteiger partial charge in [0.15, 0.2) is 0 Å². The fourth-order valence-electron chi connectivity index (χ4n) is 1.26. The monoisotopic (exact) mass is 177 g/mol. The van der Waals surface area contributed by atoms with E-state index in [-0.39, 0.29) is 0 Å². The number of rotatable bonds is 0. The molecule has 0 spiro atoms. The summed E-state index contributed by atoms with van der Waals surface area (Å²) < 4.78 is 0. The number of anilines is 1. The van der Waals surface area contributed by atoms with Gasteiger partial charge < -0.3 is 10.7 Å². The van der Waals surface area contributed by atoms with Gasteiger partial charge in [-0.3, -0.25) is 0 Å². The Bertz CT molecular complexity index is 390. The minimum absolute atomic E-state index is 0.777. The van der Waals surface area contributed by atoms with Gasteiger partial charge in [0.2, 0.25) is 0 Å². The molecule has 3 nitrogen and oxygen atoms in total. The summed E-state index contributed by atoms with van der Waals surface area (Å²) in [5.41, 5.74) is 9.53. The lowest BCUT2D eigenvalue weighted by atomic mass is 10.2. The summed E-state index contributed by atoms with van der Waals surface area (Å²) in [7, 11) is 0. The number of aromatic amines is 1. The highest BCUT2D eigenvalue weighted by Crippen LogP contribution is 2.17. The Morgan fingerprint density at radius 2 is 2.00 bits per heavy atom. The van der Waals surface area contributed by atoms with Crippen molar-refractivity contribution in [3.05, 3.63) is 24.0 Å². The van der Waals surface area contributed by atoms with Crippen LogP contribution in [-0.4, -0.2) is 9.97 Å². The third kappa shape index (κ3) is 1.80. The molecule has 3 heteroatoms. The zero-order chi connectivity index (χ0) is 9.84. The summed E-state index contributed by atoms with van der Waals surface area (Å²) in [5.74, 6) is 0. The van der Waals surface area contributed by atoms with Crippen molar-refractivity contribution >= 4 is 16.7 Å². The van der Waals surface area contributed by atoms with Gasteiger partial charge in [0.25, 0.3) is 0 Å². The van der Waals surface area contributed by atoms with Gasteiger partial charge in [-0.05, 0) is 24.6 Å². The van der Waals surface area contributed by atoms with E-state index in [0.717, 1.165) is 22.3 Å². The van der Waals surface area contributed by atoms with Gasteiger partial charge in [-0.1, -0.05) is 13.8 Å². The number of benzene rings is 1. The first-order chi connectivity index (χ1) is 6.27. The molecule has 2 aromatic rings. The van der Waals surface area contributed by atoms with E-state index in [1.807, 2.05) is 32.9 Å². The summed E-state index contributed by atoms with van der Waals surface area (Å²) in [5, 5.41) is 0. The van der Waals surface area contributed by atoms with Crippen LogP contribution in [0.2, 0.25) is 0 Å². The Morgan fingerprint density at radius 3 is 2.69 bits per heavy atom. The molecule has 0 radical (unpaired) electrons. The molecule has 2 rings (SSSR count). The molecule has 0 unspecified atom stereocenters. The number of imidazole rings is 1. The molecule has 3 N–H and O–H groups in total. The van der Waals surface area contributed by atoms with Crippen LogP contribution in [0.25, 0.3) is 11.0 Å². The molecule has 0 aliphatic heterocycles. The van der Waals surface area contributed by atoms with Gasteiger partial charge in [0.05, 0.1) is 17.4 Å². The molecule has 0 saturated carbocycles. The van der Waals surface area contributed by atoms with Crippen LogP contribution in [0, 0.1) is 6.92 Å². The molecular formula is C10H15N3. The number of nitrogens with two attached hydrogens (primary N) is 1. The first kappa shape index (κ1) is 9.58. The quantitative estimate of drug-likeness (QED) is 0.607. The first-order valence-electron chi connectivity index (χ1n) is 4.46. The fraction of sp³-hybridized carbons (Fsp3) is 0.300. The molecule has 0 amide bonds. The van der Waals surface area contributed by atoms with Crippen LogP contribution in [0.1, 0.15) is 19.4 Å². The van der Waals surface area contributed by atoms with E-state index in [0.29, 0.717) is 0 Å². The smallest absolute Gasteiger partial charge is 0.0932 e. The number of aryl methyl sites for hydroxylation is 1. The van der Waals surface area contributed by atoms with Crippen molar-refractivity contribution in [1.82, 2.24) is 9.97 Å². The van der Waals surface area contributed by atoms with Gasteiger partial charge >= 0.3 is 0 Å². The van der Waals surface area contributed by atoms with Crippen molar-refractivity contribution in [2.75, 3.05) is 5.73 Å². The topological polar surface area (TPSA) is 54.7 Å². The molecule has 1 heterocycles. The van der Waals surface area contributed by atoms with Gasteiger partial charge in [-0.25, -0.2) is 4.98 Å². The van der Waals surface area contributed by atoms with Crippen LogP contribution in [0.15, 0.2) is 18.5 Å². The van der Waals surface area contributed by atoms with E-state index < -0.39 is 0 Å². The van der Waals surface area contributed by atoms with Crippen molar-refractivity contribution in [2.24, 2.45) is 0 Å². The molecule has 13 heavy (non-hydrogen) atoms. The summed E-state index contributed by atoms with van der Waals surface area (Å²) in [6.07, 6.45) is 1.68. The largest absolute Gasteiger partial charge is 0.399 e. The van der Waals surface area contributed by atoms with E-state index >= 15 is 0 Å².